The Morgan fingerprint density at radius 1 is 1.04 bits per heavy atom. The molecule has 0 spiro atoms. The van der Waals surface area contributed by atoms with Crippen molar-refractivity contribution in [1.82, 2.24) is 33.9 Å². The highest BCUT2D eigenvalue weighted by Crippen LogP contribution is 2.24. The van der Waals surface area contributed by atoms with Crippen molar-refractivity contribution in [3.63, 3.8) is 0 Å². The number of aryl methyl sites for hydroxylation is 4. The predicted molar refractivity (Wildman–Crippen MR) is 108 cm³/mol. The van der Waals surface area contributed by atoms with Gasteiger partial charge in [0.2, 0.25) is 5.95 Å². The van der Waals surface area contributed by atoms with Crippen molar-refractivity contribution in [2.75, 3.05) is 0 Å². The number of hydrogen-bond donors (Lipinski definition) is 1. The van der Waals surface area contributed by atoms with Gasteiger partial charge in [-0.2, -0.15) is 4.98 Å². The molecule has 4 aromatic heterocycles. The van der Waals surface area contributed by atoms with Gasteiger partial charge in [-0.1, -0.05) is 27.7 Å². The van der Waals surface area contributed by atoms with Crippen LogP contribution in [0.5, 0.6) is 0 Å². The van der Waals surface area contributed by atoms with Crippen molar-refractivity contribution in [1.29, 1.82) is 0 Å². The van der Waals surface area contributed by atoms with Gasteiger partial charge in [-0.05, 0) is 19.8 Å². The van der Waals surface area contributed by atoms with Crippen molar-refractivity contribution >= 4 is 16.7 Å². The molecule has 0 saturated carbocycles. The standard InChI is InChI=1S/C20H25N7O/c1-7-13-21-11(5)9-26(13)20-24-15(10(3)4)16-18(25-20)27-14(8-2)22-12(6)17(27)19(28)23-16/h9-10H,7-8H2,1-6H3,(H,23,28). The Kier molecular flexibility index (Phi) is 4.28. The van der Waals surface area contributed by atoms with E-state index in [4.69, 9.17) is 9.97 Å². The van der Waals surface area contributed by atoms with Gasteiger partial charge < -0.3 is 4.98 Å². The van der Waals surface area contributed by atoms with Crippen LogP contribution in [-0.4, -0.2) is 33.9 Å². The normalized spacial score (nSPS) is 12.0. The summed E-state index contributed by atoms with van der Waals surface area (Å²) in [7, 11) is 0. The van der Waals surface area contributed by atoms with E-state index in [2.05, 4.69) is 35.7 Å². The van der Waals surface area contributed by atoms with E-state index in [-0.39, 0.29) is 11.5 Å². The number of rotatable bonds is 4. The van der Waals surface area contributed by atoms with Crippen molar-refractivity contribution in [2.45, 2.75) is 60.3 Å². The molecule has 1 N–H and O–H groups in total. The van der Waals surface area contributed by atoms with Crippen LogP contribution in [0.25, 0.3) is 22.6 Å². The molecule has 8 heteroatoms. The highest BCUT2D eigenvalue weighted by Gasteiger charge is 2.21. The zero-order chi connectivity index (χ0) is 20.2. The molecule has 0 bridgehead atoms. The number of aromatic amines is 1. The largest absolute Gasteiger partial charge is 0.316 e. The van der Waals surface area contributed by atoms with Crippen LogP contribution in [0.2, 0.25) is 0 Å². The molecule has 0 fully saturated rings. The first-order valence-corrected chi connectivity index (χ1v) is 9.72. The van der Waals surface area contributed by atoms with Gasteiger partial charge in [0.15, 0.2) is 5.65 Å². The topological polar surface area (TPSA) is 93.8 Å². The second-order valence-corrected chi connectivity index (χ2v) is 7.39. The van der Waals surface area contributed by atoms with Crippen LogP contribution in [0.1, 0.15) is 62.3 Å². The fourth-order valence-corrected chi connectivity index (χ4v) is 3.72. The Bertz CT molecular complexity index is 1260. The van der Waals surface area contributed by atoms with Crippen LogP contribution in [0.3, 0.4) is 0 Å². The number of nitrogens with zero attached hydrogens (tertiary/aromatic N) is 6. The number of aromatic nitrogens is 7. The summed E-state index contributed by atoms with van der Waals surface area (Å²) >= 11 is 0. The minimum Gasteiger partial charge on any atom is -0.316 e. The van der Waals surface area contributed by atoms with Gasteiger partial charge in [-0.15, -0.1) is 0 Å². The van der Waals surface area contributed by atoms with Crippen molar-refractivity contribution in [2.24, 2.45) is 0 Å². The maximum atomic E-state index is 12.8. The summed E-state index contributed by atoms with van der Waals surface area (Å²) in [5.74, 6) is 2.40. The number of nitrogens with one attached hydrogen (secondary N) is 1. The lowest BCUT2D eigenvalue weighted by atomic mass is 10.1. The quantitative estimate of drug-likeness (QED) is 0.588. The van der Waals surface area contributed by atoms with E-state index in [0.717, 1.165) is 29.5 Å². The summed E-state index contributed by atoms with van der Waals surface area (Å²) in [6.07, 6.45) is 3.43. The minimum atomic E-state index is -0.164. The van der Waals surface area contributed by atoms with Gasteiger partial charge >= 0.3 is 0 Å². The third-order valence-electron chi connectivity index (χ3n) is 4.99. The van der Waals surface area contributed by atoms with Crippen LogP contribution in [-0.2, 0) is 12.8 Å². The minimum absolute atomic E-state index is 0.113. The summed E-state index contributed by atoms with van der Waals surface area (Å²) in [5, 5.41) is 0. The van der Waals surface area contributed by atoms with E-state index in [9.17, 15) is 4.79 Å². The summed E-state index contributed by atoms with van der Waals surface area (Å²) in [6, 6.07) is 0. The summed E-state index contributed by atoms with van der Waals surface area (Å²) in [5.41, 5.74) is 4.16. The Labute approximate surface area is 162 Å². The van der Waals surface area contributed by atoms with Crippen LogP contribution in [0.15, 0.2) is 11.0 Å². The van der Waals surface area contributed by atoms with E-state index < -0.39 is 0 Å². The number of fused-ring (bicyclic) bond motifs is 3. The molecule has 0 radical (unpaired) electrons. The van der Waals surface area contributed by atoms with E-state index in [1.54, 1.807) is 0 Å². The Hall–Kier alpha value is -3.03. The highest BCUT2D eigenvalue weighted by molar-refractivity contribution is 5.78. The second kappa shape index (κ2) is 6.54. The fraction of sp³-hybridized carbons (Fsp3) is 0.450. The van der Waals surface area contributed by atoms with Gasteiger partial charge in [0.25, 0.3) is 5.56 Å². The molecule has 4 heterocycles. The maximum absolute atomic E-state index is 12.8. The lowest BCUT2D eigenvalue weighted by molar-refractivity contribution is 0.779. The molecular formula is C20H25N7O. The third kappa shape index (κ3) is 2.63. The van der Waals surface area contributed by atoms with Crippen molar-refractivity contribution in [3.8, 4) is 5.95 Å². The molecule has 4 aromatic rings. The predicted octanol–water partition coefficient (Wildman–Crippen LogP) is 3.02. The first kappa shape index (κ1) is 18.3. The Morgan fingerprint density at radius 3 is 2.39 bits per heavy atom. The summed E-state index contributed by atoms with van der Waals surface area (Å²) < 4.78 is 3.82. The monoisotopic (exact) mass is 379 g/mol. The molecular weight excluding hydrogens is 354 g/mol. The van der Waals surface area contributed by atoms with Gasteiger partial charge in [0, 0.05) is 19.0 Å². The number of hydrogen-bond acceptors (Lipinski definition) is 5. The molecule has 0 saturated heterocycles. The third-order valence-corrected chi connectivity index (χ3v) is 4.99. The first-order valence-electron chi connectivity index (χ1n) is 9.72. The molecule has 0 atom stereocenters. The molecule has 4 rings (SSSR count). The van der Waals surface area contributed by atoms with E-state index >= 15 is 0 Å². The van der Waals surface area contributed by atoms with Crippen molar-refractivity contribution < 1.29 is 0 Å². The SMILES string of the molecule is CCc1nc(C)cn1-c1nc(C(C)C)c2[nH]c(=O)c3c(C)nc(CC)n3c2n1. The average molecular weight is 379 g/mol. The fourth-order valence-electron chi connectivity index (χ4n) is 3.72. The van der Waals surface area contributed by atoms with Gasteiger partial charge in [-0.25, -0.2) is 15.0 Å². The lowest BCUT2D eigenvalue weighted by Gasteiger charge is -2.14. The highest BCUT2D eigenvalue weighted by atomic mass is 16.1. The maximum Gasteiger partial charge on any atom is 0.274 e. The molecule has 146 valence electrons. The Balaban J connectivity index is 2.19. The summed E-state index contributed by atoms with van der Waals surface area (Å²) in [6.45, 7) is 12.0. The van der Waals surface area contributed by atoms with E-state index in [1.807, 2.05) is 35.9 Å². The van der Waals surface area contributed by atoms with Crippen LogP contribution >= 0.6 is 0 Å². The molecule has 0 aliphatic carbocycles. The van der Waals surface area contributed by atoms with Crippen LogP contribution in [0.4, 0.5) is 0 Å². The van der Waals surface area contributed by atoms with Gasteiger partial charge in [0.1, 0.15) is 22.7 Å². The van der Waals surface area contributed by atoms with Crippen LogP contribution < -0.4 is 5.56 Å². The molecule has 0 amide bonds. The molecule has 0 aromatic carbocycles. The smallest absolute Gasteiger partial charge is 0.274 e. The zero-order valence-corrected chi connectivity index (χ0v) is 17.2. The van der Waals surface area contributed by atoms with Gasteiger partial charge in [-0.3, -0.25) is 13.8 Å². The molecule has 0 unspecified atom stereocenters. The summed E-state index contributed by atoms with van der Waals surface area (Å²) in [4.78, 5) is 34.7. The molecule has 0 aliphatic heterocycles. The second-order valence-electron chi connectivity index (χ2n) is 7.39. The number of H-pyrrole nitrogens is 1. The van der Waals surface area contributed by atoms with Crippen molar-refractivity contribution in [3.05, 3.63) is 45.3 Å². The Morgan fingerprint density at radius 2 is 1.75 bits per heavy atom. The molecule has 0 aliphatic rings. The molecule has 8 nitrogen and oxygen atoms in total. The average Bonchev–Trinajstić information content (AvgIpc) is 3.21. The first-order chi connectivity index (χ1) is 13.3. The lowest BCUT2D eigenvalue weighted by Crippen LogP contribution is -2.17. The van der Waals surface area contributed by atoms with E-state index in [0.29, 0.717) is 34.7 Å². The van der Waals surface area contributed by atoms with Crippen LogP contribution in [0, 0.1) is 13.8 Å². The molecule has 28 heavy (non-hydrogen) atoms. The zero-order valence-electron chi connectivity index (χ0n) is 17.2. The van der Waals surface area contributed by atoms with E-state index in [1.165, 1.54) is 0 Å². The number of imidazole rings is 2. The van der Waals surface area contributed by atoms with Gasteiger partial charge in [0.05, 0.1) is 17.1 Å².